The lowest BCUT2D eigenvalue weighted by Crippen LogP contribution is -2.27. The maximum absolute atomic E-state index is 8.55. The average molecular weight is 167 g/mol. The van der Waals surface area contributed by atoms with Gasteiger partial charge in [-0.3, -0.25) is 0 Å². The van der Waals surface area contributed by atoms with Crippen molar-refractivity contribution in [1.82, 2.24) is 4.90 Å². The van der Waals surface area contributed by atoms with E-state index in [0.29, 0.717) is 6.54 Å². The van der Waals surface area contributed by atoms with Gasteiger partial charge in [0.15, 0.2) is 0 Å². The number of hydrogen-bond acceptors (Lipinski definition) is 3. The first-order valence-electron chi connectivity index (χ1n) is 4.05. The maximum Gasteiger partial charge on any atom is 0.0666 e. The summed E-state index contributed by atoms with van der Waals surface area (Å²) in [4.78, 5) is 2.06. The van der Waals surface area contributed by atoms with Crippen molar-refractivity contribution in [2.75, 3.05) is 26.7 Å². The quantitative estimate of drug-likeness (QED) is 0.610. The maximum atomic E-state index is 8.55. The van der Waals surface area contributed by atoms with E-state index in [2.05, 4.69) is 17.5 Å². The van der Waals surface area contributed by atoms with Crippen LogP contribution in [0, 0.1) is 17.2 Å². The molecule has 0 bridgehead atoms. The van der Waals surface area contributed by atoms with E-state index in [1.54, 1.807) is 0 Å². The fourth-order valence-electron chi connectivity index (χ4n) is 1.02. The first kappa shape index (κ1) is 11.2. The third-order valence-corrected chi connectivity index (χ3v) is 1.59. The fourth-order valence-corrected chi connectivity index (χ4v) is 1.02. The number of nitriles is 1. The molecule has 0 rings (SSSR count). The lowest BCUT2D eigenvalue weighted by molar-refractivity contribution is 0.334. The summed E-state index contributed by atoms with van der Waals surface area (Å²) in [6.07, 6.45) is 0. The van der Waals surface area contributed by atoms with Crippen molar-refractivity contribution >= 4 is 0 Å². The number of rotatable bonds is 5. The molecule has 0 aliphatic heterocycles. The minimum Gasteiger partial charge on any atom is -0.327 e. The van der Waals surface area contributed by atoms with Crippen LogP contribution in [0.4, 0.5) is 0 Å². The zero-order valence-corrected chi connectivity index (χ0v) is 7.88. The average Bonchev–Trinajstić information content (AvgIpc) is 2.03. The molecule has 0 amide bonds. The molecule has 0 saturated heterocycles. The van der Waals surface area contributed by atoms with Crippen LogP contribution in [-0.4, -0.2) is 31.6 Å². The molecule has 1 unspecified atom stereocenters. The molecule has 12 heavy (non-hydrogen) atoms. The first-order chi connectivity index (χ1) is 5.60. The topological polar surface area (TPSA) is 53.0 Å². The lowest BCUT2D eigenvalue weighted by atomic mass is 10.2. The molecule has 0 spiro atoms. The second-order valence-corrected chi connectivity index (χ2v) is 3.18. The van der Waals surface area contributed by atoms with Crippen LogP contribution in [0.3, 0.4) is 0 Å². The van der Waals surface area contributed by atoms with Crippen molar-refractivity contribution in [3.63, 3.8) is 0 Å². The Morgan fingerprint density at radius 2 is 2.33 bits per heavy atom. The van der Waals surface area contributed by atoms with Crippen LogP contribution in [0.25, 0.3) is 0 Å². The van der Waals surface area contributed by atoms with Crippen LogP contribution in [0.15, 0.2) is 12.2 Å². The lowest BCUT2D eigenvalue weighted by Gasteiger charge is -2.18. The summed E-state index contributed by atoms with van der Waals surface area (Å²) in [5, 5.41) is 8.55. The number of hydrogen-bond donors (Lipinski definition) is 1. The molecule has 3 nitrogen and oxygen atoms in total. The molecule has 0 aliphatic rings. The largest absolute Gasteiger partial charge is 0.327 e. The Labute approximate surface area is 74.5 Å². The molecule has 0 saturated carbocycles. The van der Waals surface area contributed by atoms with Crippen molar-refractivity contribution in [2.24, 2.45) is 11.7 Å². The summed E-state index contributed by atoms with van der Waals surface area (Å²) in [7, 11) is 1.97. The van der Waals surface area contributed by atoms with Gasteiger partial charge in [0.1, 0.15) is 0 Å². The van der Waals surface area contributed by atoms with Crippen molar-refractivity contribution in [3.05, 3.63) is 12.2 Å². The number of nitrogens with zero attached hydrogens (tertiary/aromatic N) is 2. The van der Waals surface area contributed by atoms with Crippen molar-refractivity contribution in [1.29, 1.82) is 5.26 Å². The van der Waals surface area contributed by atoms with Crippen LogP contribution in [0.2, 0.25) is 0 Å². The molecular weight excluding hydrogens is 150 g/mol. The standard InChI is InChI=1S/C9H17N3/c1-8(4-10)6-12(3)7-9(2)5-11/h9H,1,4,6-7,10H2,2-3H3. The van der Waals surface area contributed by atoms with Crippen LogP contribution >= 0.6 is 0 Å². The molecule has 0 aromatic carbocycles. The van der Waals surface area contributed by atoms with Crippen LogP contribution in [0.1, 0.15) is 6.92 Å². The monoisotopic (exact) mass is 167 g/mol. The van der Waals surface area contributed by atoms with E-state index in [-0.39, 0.29) is 5.92 Å². The Balaban J connectivity index is 3.67. The van der Waals surface area contributed by atoms with E-state index in [1.807, 2.05) is 14.0 Å². The Morgan fingerprint density at radius 3 is 2.75 bits per heavy atom. The second-order valence-electron chi connectivity index (χ2n) is 3.18. The van der Waals surface area contributed by atoms with Gasteiger partial charge in [-0.05, 0) is 19.5 Å². The smallest absolute Gasteiger partial charge is 0.0666 e. The third-order valence-electron chi connectivity index (χ3n) is 1.59. The number of nitrogens with two attached hydrogens (primary N) is 1. The SMILES string of the molecule is C=C(CN)CN(C)CC(C)C#N. The molecule has 1 atom stereocenters. The summed E-state index contributed by atoms with van der Waals surface area (Å²) in [6.45, 7) is 7.77. The normalized spacial score (nSPS) is 12.6. The van der Waals surface area contributed by atoms with Crippen LogP contribution in [0.5, 0.6) is 0 Å². The molecule has 0 radical (unpaired) electrons. The van der Waals surface area contributed by atoms with E-state index in [9.17, 15) is 0 Å². The number of likely N-dealkylation sites (N-methyl/N-ethyl adjacent to an activating group) is 1. The highest BCUT2D eigenvalue weighted by molar-refractivity contribution is 4.98. The van der Waals surface area contributed by atoms with Gasteiger partial charge in [0.25, 0.3) is 0 Å². The highest BCUT2D eigenvalue weighted by atomic mass is 15.1. The van der Waals surface area contributed by atoms with Gasteiger partial charge in [-0.2, -0.15) is 5.26 Å². The van der Waals surface area contributed by atoms with Gasteiger partial charge in [-0.1, -0.05) is 6.58 Å². The van der Waals surface area contributed by atoms with Crippen molar-refractivity contribution in [2.45, 2.75) is 6.92 Å². The van der Waals surface area contributed by atoms with E-state index in [1.165, 1.54) is 0 Å². The van der Waals surface area contributed by atoms with E-state index < -0.39 is 0 Å². The summed E-state index contributed by atoms with van der Waals surface area (Å²) in [5.41, 5.74) is 6.39. The van der Waals surface area contributed by atoms with E-state index >= 15 is 0 Å². The molecule has 68 valence electrons. The highest BCUT2D eigenvalue weighted by Crippen LogP contribution is 1.98. The summed E-state index contributed by atoms with van der Waals surface area (Å²) in [6, 6.07) is 2.18. The fraction of sp³-hybridized carbons (Fsp3) is 0.667. The van der Waals surface area contributed by atoms with Gasteiger partial charge in [0, 0.05) is 19.6 Å². The molecule has 2 N–H and O–H groups in total. The van der Waals surface area contributed by atoms with Gasteiger partial charge in [0.2, 0.25) is 0 Å². The third kappa shape index (κ3) is 4.89. The van der Waals surface area contributed by atoms with Gasteiger partial charge in [-0.15, -0.1) is 0 Å². The molecule has 0 aromatic heterocycles. The van der Waals surface area contributed by atoms with Crippen molar-refractivity contribution in [3.8, 4) is 6.07 Å². The summed E-state index contributed by atoms with van der Waals surface area (Å²) < 4.78 is 0. The Bertz CT molecular complexity index is 181. The van der Waals surface area contributed by atoms with E-state index in [4.69, 9.17) is 11.0 Å². The second kappa shape index (κ2) is 5.76. The zero-order chi connectivity index (χ0) is 9.56. The van der Waals surface area contributed by atoms with Crippen LogP contribution in [-0.2, 0) is 0 Å². The first-order valence-corrected chi connectivity index (χ1v) is 4.05. The molecule has 0 fully saturated rings. The highest BCUT2D eigenvalue weighted by Gasteiger charge is 2.04. The molecule has 3 heteroatoms. The van der Waals surface area contributed by atoms with Gasteiger partial charge in [-0.25, -0.2) is 0 Å². The molecule has 0 aliphatic carbocycles. The Hall–Kier alpha value is -0.850. The predicted octanol–water partition coefficient (Wildman–Crippen LogP) is 0.593. The molecule has 0 heterocycles. The van der Waals surface area contributed by atoms with Crippen LogP contribution < -0.4 is 5.73 Å². The minimum absolute atomic E-state index is 0.0700. The predicted molar refractivity (Wildman–Crippen MR) is 50.5 cm³/mol. The van der Waals surface area contributed by atoms with Gasteiger partial charge in [0.05, 0.1) is 12.0 Å². The molecule has 0 aromatic rings. The van der Waals surface area contributed by atoms with E-state index in [0.717, 1.165) is 18.7 Å². The summed E-state index contributed by atoms with van der Waals surface area (Å²) in [5.74, 6) is 0.0700. The molecular formula is C9H17N3. The Kier molecular flexibility index (Phi) is 5.35. The van der Waals surface area contributed by atoms with Gasteiger partial charge < -0.3 is 10.6 Å². The summed E-state index contributed by atoms with van der Waals surface area (Å²) >= 11 is 0. The zero-order valence-electron chi connectivity index (χ0n) is 7.88. The van der Waals surface area contributed by atoms with Crippen molar-refractivity contribution < 1.29 is 0 Å². The minimum atomic E-state index is 0.0700. The van der Waals surface area contributed by atoms with Gasteiger partial charge >= 0.3 is 0 Å². The Morgan fingerprint density at radius 1 is 1.75 bits per heavy atom.